The molecule has 1 saturated heterocycles. The van der Waals surface area contributed by atoms with E-state index in [9.17, 15) is 17.6 Å². The summed E-state index contributed by atoms with van der Waals surface area (Å²) in [5.41, 5.74) is -0.325. The van der Waals surface area contributed by atoms with Crippen molar-refractivity contribution in [3.63, 3.8) is 0 Å². The van der Waals surface area contributed by atoms with Crippen LogP contribution in [0.3, 0.4) is 0 Å². The predicted molar refractivity (Wildman–Crippen MR) is 80.9 cm³/mol. The molecule has 24 heavy (non-hydrogen) atoms. The molecule has 3 heterocycles. The summed E-state index contributed by atoms with van der Waals surface area (Å²) in [5, 5.41) is 0. The van der Waals surface area contributed by atoms with Crippen molar-refractivity contribution in [1.82, 2.24) is 14.9 Å². The average molecular weight is 340 g/mol. The van der Waals surface area contributed by atoms with Crippen molar-refractivity contribution in [2.45, 2.75) is 12.7 Å². The number of nitrogens with zero attached hydrogens (tertiary/aromatic N) is 4. The van der Waals surface area contributed by atoms with E-state index >= 15 is 0 Å². The predicted octanol–water partition coefficient (Wildman–Crippen LogP) is 2.96. The average Bonchev–Trinajstić information content (AvgIpc) is 2.57. The third kappa shape index (κ3) is 3.81. The fourth-order valence-electron chi connectivity index (χ4n) is 2.65. The standard InChI is InChI=1S/C16H16F4N4/c17-13-2-1-4-21-14(13)11-23-6-8-24(9-7-23)15-10-12(3-5-22-15)16(18,19)20/h1-5,10H,6-9,11H2. The van der Waals surface area contributed by atoms with Crippen LogP contribution in [0.15, 0.2) is 36.7 Å². The van der Waals surface area contributed by atoms with Crippen LogP contribution in [0.4, 0.5) is 23.4 Å². The van der Waals surface area contributed by atoms with Crippen LogP contribution >= 0.6 is 0 Å². The van der Waals surface area contributed by atoms with Gasteiger partial charge in [-0.3, -0.25) is 9.88 Å². The maximum absolute atomic E-state index is 13.6. The molecule has 0 spiro atoms. The van der Waals surface area contributed by atoms with Gasteiger partial charge in [-0.1, -0.05) is 0 Å². The summed E-state index contributed by atoms with van der Waals surface area (Å²) < 4.78 is 52.0. The molecule has 0 aliphatic carbocycles. The molecule has 3 rings (SSSR count). The molecule has 2 aromatic heterocycles. The Labute approximate surface area is 136 Å². The number of piperazine rings is 1. The molecule has 0 saturated carbocycles. The number of anilines is 1. The first kappa shape index (κ1) is 16.6. The topological polar surface area (TPSA) is 32.3 Å². The van der Waals surface area contributed by atoms with Gasteiger partial charge < -0.3 is 4.90 Å². The summed E-state index contributed by atoms with van der Waals surface area (Å²) in [6.07, 6.45) is -1.66. The minimum absolute atomic E-state index is 0.313. The van der Waals surface area contributed by atoms with Crippen LogP contribution in [-0.2, 0) is 12.7 Å². The number of aromatic nitrogens is 2. The largest absolute Gasteiger partial charge is 0.416 e. The van der Waals surface area contributed by atoms with Gasteiger partial charge in [0.25, 0.3) is 0 Å². The van der Waals surface area contributed by atoms with Crippen molar-refractivity contribution in [2.24, 2.45) is 0 Å². The normalized spacial score (nSPS) is 16.4. The molecule has 1 aliphatic heterocycles. The summed E-state index contributed by atoms with van der Waals surface area (Å²) >= 11 is 0. The third-order valence-electron chi connectivity index (χ3n) is 3.98. The highest BCUT2D eigenvalue weighted by Crippen LogP contribution is 2.30. The Hall–Kier alpha value is -2.22. The van der Waals surface area contributed by atoms with E-state index in [0.29, 0.717) is 44.2 Å². The second kappa shape index (κ2) is 6.72. The lowest BCUT2D eigenvalue weighted by Crippen LogP contribution is -2.46. The van der Waals surface area contributed by atoms with Gasteiger partial charge in [-0.05, 0) is 24.3 Å². The molecule has 1 aliphatic rings. The molecule has 0 aromatic carbocycles. The van der Waals surface area contributed by atoms with Gasteiger partial charge in [0.05, 0.1) is 11.3 Å². The maximum atomic E-state index is 13.6. The summed E-state index contributed by atoms with van der Waals surface area (Å²) in [5.74, 6) is -0.0343. The van der Waals surface area contributed by atoms with E-state index in [-0.39, 0.29) is 5.82 Å². The Morgan fingerprint density at radius 1 is 1.00 bits per heavy atom. The Bertz CT molecular complexity index is 696. The SMILES string of the molecule is Fc1cccnc1CN1CCN(c2cc(C(F)(F)F)ccn2)CC1. The van der Waals surface area contributed by atoms with Crippen LogP contribution in [0.5, 0.6) is 0 Å². The highest BCUT2D eigenvalue weighted by Gasteiger charge is 2.31. The summed E-state index contributed by atoms with van der Waals surface area (Å²) in [4.78, 5) is 11.9. The second-order valence-corrected chi connectivity index (χ2v) is 5.60. The zero-order chi connectivity index (χ0) is 17.2. The zero-order valence-electron chi connectivity index (χ0n) is 12.8. The van der Waals surface area contributed by atoms with Crippen LogP contribution in [-0.4, -0.2) is 41.0 Å². The van der Waals surface area contributed by atoms with E-state index < -0.39 is 11.7 Å². The highest BCUT2D eigenvalue weighted by atomic mass is 19.4. The van der Waals surface area contributed by atoms with E-state index in [1.165, 1.54) is 18.3 Å². The quantitative estimate of drug-likeness (QED) is 0.804. The second-order valence-electron chi connectivity index (χ2n) is 5.60. The summed E-state index contributed by atoms with van der Waals surface area (Å²) in [7, 11) is 0. The molecule has 0 radical (unpaired) electrons. The summed E-state index contributed by atoms with van der Waals surface area (Å²) in [6.45, 7) is 2.66. The number of halogens is 4. The van der Waals surface area contributed by atoms with Gasteiger partial charge >= 0.3 is 6.18 Å². The minimum Gasteiger partial charge on any atom is -0.354 e. The molecule has 0 bridgehead atoms. The number of hydrogen-bond donors (Lipinski definition) is 0. The Morgan fingerprint density at radius 3 is 2.42 bits per heavy atom. The molecule has 128 valence electrons. The molecule has 2 aromatic rings. The van der Waals surface area contributed by atoms with Crippen molar-refractivity contribution in [2.75, 3.05) is 31.1 Å². The van der Waals surface area contributed by atoms with Crippen LogP contribution in [0.2, 0.25) is 0 Å². The van der Waals surface area contributed by atoms with Gasteiger partial charge in [-0.15, -0.1) is 0 Å². The van der Waals surface area contributed by atoms with E-state index in [4.69, 9.17) is 0 Å². The zero-order valence-corrected chi connectivity index (χ0v) is 12.8. The lowest BCUT2D eigenvalue weighted by atomic mass is 10.2. The molecular formula is C16H16F4N4. The lowest BCUT2D eigenvalue weighted by molar-refractivity contribution is -0.137. The van der Waals surface area contributed by atoms with Crippen molar-refractivity contribution < 1.29 is 17.6 Å². The van der Waals surface area contributed by atoms with Crippen LogP contribution in [0.25, 0.3) is 0 Å². The van der Waals surface area contributed by atoms with Crippen LogP contribution in [0.1, 0.15) is 11.3 Å². The van der Waals surface area contributed by atoms with E-state index in [0.717, 1.165) is 12.1 Å². The van der Waals surface area contributed by atoms with Gasteiger partial charge in [0.15, 0.2) is 0 Å². The van der Waals surface area contributed by atoms with Crippen LogP contribution in [0, 0.1) is 5.82 Å². The van der Waals surface area contributed by atoms with E-state index in [1.807, 2.05) is 4.90 Å². The number of alkyl halides is 3. The van der Waals surface area contributed by atoms with Gasteiger partial charge in [0.1, 0.15) is 11.6 Å². The molecule has 4 nitrogen and oxygen atoms in total. The van der Waals surface area contributed by atoms with Gasteiger partial charge in [-0.25, -0.2) is 9.37 Å². The van der Waals surface area contributed by atoms with Gasteiger partial charge in [0, 0.05) is 45.1 Å². The Morgan fingerprint density at radius 2 is 1.75 bits per heavy atom. The first-order valence-corrected chi connectivity index (χ1v) is 7.53. The molecule has 1 fully saturated rings. The minimum atomic E-state index is -4.38. The first-order valence-electron chi connectivity index (χ1n) is 7.53. The van der Waals surface area contributed by atoms with Crippen LogP contribution < -0.4 is 4.90 Å². The molecule has 0 amide bonds. The third-order valence-corrected chi connectivity index (χ3v) is 3.98. The smallest absolute Gasteiger partial charge is 0.354 e. The molecular weight excluding hydrogens is 324 g/mol. The summed E-state index contributed by atoms with van der Waals surface area (Å²) in [6, 6.07) is 4.93. The fraction of sp³-hybridized carbons (Fsp3) is 0.375. The molecule has 8 heteroatoms. The molecule has 0 unspecified atom stereocenters. The highest BCUT2D eigenvalue weighted by molar-refractivity contribution is 5.42. The number of hydrogen-bond acceptors (Lipinski definition) is 4. The molecule has 0 N–H and O–H groups in total. The first-order chi connectivity index (χ1) is 11.4. The van der Waals surface area contributed by atoms with Gasteiger partial charge in [0.2, 0.25) is 0 Å². The molecule has 0 atom stereocenters. The Kier molecular flexibility index (Phi) is 4.66. The van der Waals surface area contributed by atoms with Crippen molar-refractivity contribution in [3.8, 4) is 0 Å². The fourth-order valence-corrected chi connectivity index (χ4v) is 2.65. The van der Waals surface area contributed by atoms with Gasteiger partial charge in [-0.2, -0.15) is 13.2 Å². The number of pyridine rings is 2. The maximum Gasteiger partial charge on any atom is 0.416 e. The van der Waals surface area contributed by atoms with E-state index in [2.05, 4.69) is 9.97 Å². The Balaban J connectivity index is 1.62. The van der Waals surface area contributed by atoms with E-state index in [1.54, 1.807) is 11.1 Å². The lowest BCUT2D eigenvalue weighted by Gasteiger charge is -2.35. The number of rotatable bonds is 3. The monoisotopic (exact) mass is 340 g/mol. The van der Waals surface area contributed by atoms with Crippen molar-refractivity contribution >= 4 is 5.82 Å². The van der Waals surface area contributed by atoms with Crippen molar-refractivity contribution in [1.29, 1.82) is 0 Å². The van der Waals surface area contributed by atoms with Crippen molar-refractivity contribution in [3.05, 3.63) is 53.7 Å².